The number of rotatable bonds is 6. The molecule has 0 aromatic carbocycles. The van der Waals surface area contributed by atoms with Crippen molar-refractivity contribution >= 4 is 23.2 Å². The molecule has 8 heteroatoms. The second kappa shape index (κ2) is 6.11. The smallest absolute Gasteiger partial charge is 0.345 e. The zero-order chi connectivity index (χ0) is 16.6. The highest BCUT2D eigenvalue weighted by atomic mass is 32.1. The molecule has 7 nitrogen and oxygen atoms in total. The summed E-state index contributed by atoms with van der Waals surface area (Å²) in [5.74, 6) is 0.152. The van der Waals surface area contributed by atoms with Gasteiger partial charge in [0.1, 0.15) is 10.9 Å². The molecule has 1 aliphatic carbocycles. The second-order valence-corrected chi connectivity index (χ2v) is 7.01. The number of nitrogens with zero attached hydrogens (tertiary/aromatic N) is 2. The molecule has 23 heavy (non-hydrogen) atoms. The molecule has 0 spiro atoms. The lowest BCUT2D eigenvalue weighted by Crippen LogP contribution is -2.31. The summed E-state index contributed by atoms with van der Waals surface area (Å²) < 4.78 is 5.30. The molecule has 2 heterocycles. The topological polar surface area (TPSA) is 105 Å². The Kier molecular flexibility index (Phi) is 4.16. The first-order chi connectivity index (χ1) is 11.0. The number of carbonyl (C=O) groups excluding carboxylic acids is 1. The summed E-state index contributed by atoms with van der Waals surface area (Å²) in [6.07, 6.45) is 2.15. The molecule has 1 aliphatic rings. The third-order valence-corrected chi connectivity index (χ3v) is 4.73. The maximum Gasteiger partial charge on any atom is 0.345 e. The number of nitrogens with one attached hydrogen (secondary N) is 1. The number of hydrogen-bond acceptors (Lipinski definition) is 6. The molecule has 1 atom stereocenters. The van der Waals surface area contributed by atoms with Crippen LogP contribution in [0.5, 0.6) is 0 Å². The summed E-state index contributed by atoms with van der Waals surface area (Å²) in [5, 5.41) is 15.8. The van der Waals surface area contributed by atoms with E-state index < -0.39 is 12.0 Å². The van der Waals surface area contributed by atoms with E-state index in [-0.39, 0.29) is 16.7 Å². The van der Waals surface area contributed by atoms with Gasteiger partial charge < -0.3 is 14.9 Å². The fraction of sp³-hybridized carbons (Fsp3) is 0.467. The SMILES string of the molecule is CC(C)C(NC(=O)c1ccc(C(=O)O)s1)c1nc(C2CC2)no1. The van der Waals surface area contributed by atoms with Crippen molar-refractivity contribution in [2.24, 2.45) is 5.92 Å². The monoisotopic (exact) mass is 335 g/mol. The standard InChI is InChI=1S/C15H17N3O4S/c1-7(2)11(14-17-12(18-22-14)8-3-4-8)16-13(19)9-5-6-10(23-9)15(20)21/h5-8,11H,3-4H2,1-2H3,(H,16,19)(H,20,21). The molecule has 0 bridgehead atoms. The Morgan fingerprint density at radius 3 is 2.61 bits per heavy atom. The molecule has 2 N–H and O–H groups in total. The number of carboxylic acids is 1. The third kappa shape index (κ3) is 3.42. The van der Waals surface area contributed by atoms with Gasteiger partial charge in [-0.25, -0.2) is 4.79 Å². The van der Waals surface area contributed by atoms with Crippen LogP contribution in [0.3, 0.4) is 0 Å². The number of aromatic carboxylic acids is 1. The van der Waals surface area contributed by atoms with Crippen LogP contribution in [0.25, 0.3) is 0 Å². The molecule has 0 saturated heterocycles. The highest BCUT2D eigenvalue weighted by Crippen LogP contribution is 2.38. The largest absolute Gasteiger partial charge is 0.477 e. The van der Waals surface area contributed by atoms with Gasteiger partial charge in [-0.2, -0.15) is 4.98 Å². The molecule has 2 aromatic heterocycles. The van der Waals surface area contributed by atoms with Crippen LogP contribution in [0.15, 0.2) is 16.7 Å². The first kappa shape index (κ1) is 15.7. The quantitative estimate of drug-likeness (QED) is 0.841. The van der Waals surface area contributed by atoms with Crippen molar-refractivity contribution < 1.29 is 19.2 Å². The molecule has 1 fully saturated rings. The van der Waals surface area contributed by atoms with E-state index in [9.17, 15) is 9.59 Å². The van der Waals surface area contributed by atoms with E-state index >= 15 is 0 Å². The number of carboxylic acid groups (broad SMARTS) is 1. The minimum atomic E-state index is -1.04. The Hall–Kier alpha value is -2.22. The summed E-state index contributed by atoms with van der Waals surface area (Å²) in [6.45, 7) is 3.89. The minimum Gasteiger partial charge on any atom is -0.477 e. The molecule has 3 rings (SSSR count). The Bertz CT molecular complexity index is 733. The number of hydrogen-bond donors (Lipinski definition) is 2. The second-order valence-electron chi connectivity index (χ2n) is 5.93. The van der Waals surface area contributed by atoms with Crippen molar-refractivity contribution in [1.82, 2.24) is 15.5 Å². The molecular formula is C15H17N3O4S. The minimum absolute atomic E-state index is 0.0605. The van der Waals surface area contributed by atoms with Gasteiger partial charge in [-0.15, -0.1) is 11.3 Å². The maximum atomic E-state index is 12.3. The summed E-state index contributed by atoms with van der Waals surface area (Å²) in [5.41, 5.74) is 0. The lowest BCUT2D eigenvalue weighted by atomic mass is 10.0. The summed E-state index contributed by atoms with van der Waals surface area (Å²) in [4.78, 5) is 28.1. The van der Waals surface area contributed by atoms with Gasteiger partial charge in [0.25, 0.3) is 5.91 Å². The molecule has 2 aromatic rings. The van der Waals surface area contributed by atoms with E-state index in [1.807, 2.05) is 13.8 Å². The first-order valence-corrected chi connectivity index (χ1v) is 8.25. The predicted octanol–water partition coefficient (Wildman–Crippen LogP) is 2.83. The van der Waals surface area contributed by atoms with Gasteiger partial charge in [0, 0.05) is 5.92 Å². The average molecular weight is 335 g/mol. The molecule has 0 radical (unpaired) electrons. The van der Waals surface area contributed by atoms with Crippen LogP contribution in [0.4, 0.5) is 0 Å². The molecule has 1 saturated carbocycles. The van der Waals surface area contributed by atoms with Gasteiger partial charge in [0.2, 0.25) is 5.89 Å². The third-order valence-electron chi connectivity index (χ3n) is 3.66. The van der Waals surface area contributed by atoms with Gasteiger partial charge in [0.15, 0.2) is 5.82 Å². The summed E-state index contributed by atoms with van der Waals surface area (Å²) in [7, 11) is 0. The fourth-order valence-electron chi connectivity index (χ4n) is 2.18. The zero-order valence-electron chi connectivity index (χ0n) is 12.8. The van der Waals surface area contributed by atoms with Crippen molar-refractivity contribution in [3.63, 3.8) is 0 Å². The highest BCUT2D eigenvalue weighted by Gasteiger charge is 2.32. The van der Waals surface area contributed by atoms with Crippen molar-refractivity contribution in [1.29, 1.82) is 0 Å². The van der Waals surface area contributed by atoms with E-state index in [2.05, 4.69) is 15.5 Å². The average Bonchev–Trinajstić information content (AvgIpc) is 3.04. The van der Waals surface area contributed by atoms with Crippen LogP contribution in [0.2, 0.25) is 0 Å². The van der Waals surface area contributed by atoms with Gasteiger partial charge in [0.05, 0.1) is 4.88 Å². The van der Waals surface area contributed by atoms with Crippen LogP contribution in [-0.4, -0.2) is 27.1 Å². The lowest BCUT2D eigenvalue weighted by Gasteiger charge is -2.17. The van der Waals surface area contributed by atoms with Gasteiger partial charge in [-0.1, -0.05) is 19.0 Å². The first-order valence-electron chi connectivity index (χ1n) is 7.43. The molecule has 122 valence electrons. The van der Waals surface area contributed by atoms with E-state index in [1.54, 1.807) is 0 Å². The predicted molar refractivity (Wildman–Crippen MR) is 82.6 cm³/mol. The Morgan fingerprint density at radius 1 is 1.35 bits per heavy atom. The van der Waals surface area contributed by atoms with Crippen LogP contribution in [-0.2, 0) is 0 Å². The van der Waals surface area contributed by atoms with E-state index in [1.165, 1.54) is 12.1 Å². The number of thiophene rings is 1. The fourth-order valence-corrected chi connectivity index (χ4v) is 2.93. The van der Waals surface area contributed by atoms with Crippen molar-refractivity contribution in [2.75, 3.05) is 0 Å². The zero-order valence-corrected chi connectivity index (χ0v) is 13.6. The molecular weight excluding hydrogens is 318 g/mol. The number of amides is 1. The summed E-state index contributed by atoms with van der Waals surface area (Å²) in [6, 6.07) is 2.52. The summed E-state index contributed by atoms with van der Waals surface area (Å²) >= 11 is 0.940. The van der Waals surface area contributed by atoms with Gasteiger partial charge in [-0.05, 0) is 30.9 Å². The van der Waals surface area contributed by atoms with Crippen LogP contribution < -0.4 is 5.32 Å². The maximum absolute atomic E-state index is 12.3. The van der Waals surface area contributed by atoms with Crippen molar-refractivity contribution in [2.45, 2.75) is 38.6 Å². The Balaban J connectivity index is 1.75. The van der Waals surface area contributed by atoms with Gasteiger partial charge in [-0.3, -0.25) is 4.79 Å². The number of aromatic nitrogens is 2. The highest BCUT2D eigenvalue weighted by molar-refractivity contribution is 7.15. The molecule has 0 aliphatic heterocycles. The van der Waals surface area contributed by atoms with Crippen LogP contribution in [0, 0.1) is 5.92 Å². The van der Waals surface area contributed by atoms with Gasteiger partial charge >= 0.3 is 5.97 Å². The van der Waals surface area contributed by atoms with Crippen LogP contribution >= 0.6 is 11.3 Å². The van der Waals surface area contributed by atoms with Crippen molar-refractivity contribution in [3.05, 3.63) is 33.6 Å². The Labute approximate surface area is 136 Å². The van der Waals surface area contributed by atoms with E-state index in [4.69, 9.17) is 9.63 Å². The molecule has 1 unspecified atom stereocenters. The van der Waals surface area contributed by atoms with Crippen molar-refractivity contribution in [3.8, 4) is 0 Å². The normalized spacial score (nSPS) is 15.6. The molecule has 1 amide bonds. The van der Waals surface area contributed by atoms with Crippen LogP contribution in [0.1, 0.15) is 69.7 Å². The van der Waals surface area contributed by atoms with E-state index in [0.29, 0.717) is 22.5 Å². The Morgan fingerprint density at radius 2 is 2.04 bits per heavy atom. The van der Waals surface area contributed by atoms with E-state index in [0.717, 1.165) is 24.2 Å². The lowest BCUT2D eigenvalue weighted by molar-refractivity contribution is 0.0702. The number of carbonyl (C=O) groups is 2.